The Bertz CT molecular complexity index is 750. The zero-order valence-electron chi connectivity index (χ0n) is 13.0. The molecule has 2 aliphatic heterocycles. The highest BCUT2D eigenvalue weighted by atomic mass is 32.1. The van der Waals surface area contributed by atoms with Crippen LogP contribution in [0, 0.1) is 6.92 Å². The van der Waals surface area contributed by atoms with Crippen molar-refractivity contribution in [2.75, 3.05) is 23.8 Å². The highest BCUT2D eigenvalue weighted by Gasteiger charge is 2.20. The van der Waals surface area contributed by atoms with Gasteiger partial charge in [-0.3, -0.25) is 4.79 Å². The Balaban J connectivity index is 1.53. The van der Waals surface area contributed by atoms with E-state index in [0.29, 0.717) is 12.5 Å². The minimum absolute atomic E-state index is 0.0612. The predicted molar refractivity (Wildman–Crippen MR) is 92.1 cm³/mol. The van der Waals surface area contributed by atoms with E-state index in [2.05, 4.69) is 23.6 Å². The third-order valence-corrected chi connectivity index (χ3v) is 5.23. The number of hydrogen-bond donors (Lipinski definition) is 2. The molecule has 1 atom stereocenters. The second-order valence-electron chi connectivity index (χ2n) is 6.04. The van der Waals surface area contributed by atoms with E-state index in [1.54, 1.807) is 11.3 Å². The van der Waals surface area contributed by atoms with E-state index in [1.807, 2.05) is 12.1 Å². The van der Waals surface area contributed by atoms with Crippen LogP contribution < -0.4 is 10.6 Å². The Morgan fingerprint density at radius 2 is 2.39 bits per heavy atom. The van der Waals surface area contributed by atoms with Gasteiger partial charge >= 0.3 is 0 Å². The van der Waals surface area contributed by atoms with E-state index < -0.39 is 0 Å². The molecule has 4 rings (SSSR count). The van der Waals surface area contributed by atoms with Crippen LogP contribution in [0.25, 0.3) is 11.3 Å². The summed E-state index contributed by atoms with van der Waals surface area (Å²) in [6, 6.07) is 6.06. The summed E-state index contributed by atoms with van der Waals surface area (Å²) in [5.41, 5.74) is 4.03. The van der Waals surface area contributed by atoms with Crippen molar-refractivity contribution in [2.24, 2.45) is 0 Å². The number of carbonyl (C=O) groups is 1. The van der Waals surface area contributed by atoms with Crippen molar-refractivity contribution in [3.8, 4) is 11.3 Å². The summed E-state index contributed by atoms with van der Waals surface area (Å²) in [4.78, 5) is 17.4. The number of hydrogen-bond acceptors (Lipinski definition) is 5. The fourth-order valence-corrected chi connectivity index (χ4v) is 3.97. The molecule has 0 radical (unpaired) electrons. The number of rotatable bonds is 4. The van der Waals surface area contributed by atoms with Crippen molar-refractivity contribution < 1.29 is 9.53 Å². The third kappa shape index (κ3) is 2.96. The molecular weight excluding hydrogens is 310 g/mol. The van der Waals surface area contributed by atoms with Gasteiger partial charge in [-0.05, 0) is 37.5 Å². The summed E-state index contributed by atoms with van der Waals surface area (Å²) < 4.78 is 5.63. The molecule has 0 aliphatic carbocycles. The summed E-state index contributed by atoms with van der Waals surface area (Å²) >= 11 is 1.67. The van der Waals surface area contributed by atoms with E-state index in [4.69, 9.17) is 9.72 Å². The van der Waals surface area contributed by atoms with Crippen LogP contribution in [0.5, 0.6) is 0 Å². The average Bonchev–Trinajstić information content (AvgIpc) is 3.23. The average molecular weight is 329 g/mol. The third-order valence-electron chi connectivity index (χ3n) is 4.31. The first-order valence-corrected chi connectivity index (χ1v) is 8.77. The van der Waals surface area contributed by atoms with Gasteiger partial charge in [-0.25, -0.2) is 4.98 Å². The molecule has 0 saturated carbocycles. The first kappa shape index (κ1) is 14.7. The number of carbonyl (C=O) groups excluding carboxylic acids is 1. The van der Waals surface area contributed by atoms with E-state index in [1.165, 1.54) is 4.88 Å². The molecule has 1 aromatic carbocycles. The minimum Gasteiger partial charge on any atom is -0.376 e. The van der Waals surface area contributed by atoms with Crippen molar-refractivity contribution in [1.29, 1.82) is 0 Å². The monoisotopic (exact) mass is 329 g/mol. The Kier molecular flexibility index (Phi) is 3.79. The van der Waals surface area contributed by atoms with Gasteiger partial charge in [0, 0.05) is 29.3 Å². The number of anilines is 2. The number of benzene rings is 1. The lowest BCUT2D eigenvalue weighted by molar-refractivity contribution is -0.115. The molecular formula is C17H19N3O2S. The van der Waals surface area contributed by atoms with Crippen LogP contribution in [-0.4, -0.2) is 30.1 Å². The Hall–Kier alpha value is -1.92. The first-order valence-electron chi connectivity index (χ1n) is 7.95. The standard InChI is InChI=1S/C17H19N3O2S/c1-10-16(11-4-5-14-12(7-11)8-15(21)19-14)20-17(23-10)18-9-13-3-2-6-22-13/h4-5,7,13H,2-3,6,8-9H2,1H3,(H,18,20)(H,19,21). The van der Waals surface area contributed by atoms with Gasteiger partial charge in [0.1, 0.15) is 0 Å². The number of aromatic nitrogens is 1. The van der Waals surface area contributed by atoms with Crippen LogP contribution in [0.15, 0.2) is 18.2 Å². The van der Waals surface area contributed by atoms with Gasteiger partial charge in [-0.1, -0.05) is 6.07 Å². The van der Waals surface area contributed by atoms with Gasteiger partial charge in [0.05, 0.1) is 18.2 Å². The highest BCUT2D eigenvalue weighted by Crippen LogP contribution is 2.34. The van der Waals surface area contributed by atoms with Gasteiger partial charge in [-0.2, -0.15) is 0 Å². The lowest BCUT2D eigenvalue weighted by Crippen LogP contribution is -2.18. The number of fused-ring (bicyclic) bond motifs is 1. The van der Waals surface area contributed by atoms with Crippen molar-refractivity contribution in [1.82, 2.24) is 4.98 Å². The summed E-state index contributed by atoms with van der Waals surface area (Å²) in [5, 5.41) is 7.19. The second-order valence-corrected chi connectivity index (χ2v) is 7.24. The molecule has 1 aromatic heterocycles. The maximum atomic E-state index is 11.5. The molecule has 5 nitrogen and oxygen atoms in total. The molecule has 2 aromatic rings. The Morgan fingerprint density at radius 3 is 3.22 bits per heavy atom. The summed E-state index contributed by atoms with van der Waals surface area (Å²) in [7, 11) is 0. The second kappa shape index (κ2) is 5.94. The summed E-state index contributed by atoms with van der Waals surface area (Å²) in [6.07, 6.45) is 3.03. The van der Waals surface area contributed by atoms with Crippen molar-refractivity contribution >= 4 is 28.1 Å². The molecule has 120 valence electrons. The molecule has 1 saturated heterocycles. The maximum absolute atomic E-state index is 11.5. The quantitative estimate of drug-likeness (QED) is 0.904. The number of nitrogens with one attached hydrogen (secondary N) is 2. The van der Waals surface area contributed by atoms with Gasteiger partial charge < -0.3 is 15.4 Å². The molecule has 2 N–H and O–H groups in total. The molecule has 0 spiro atoms. The minimum atomic E-state index is 0.0612. The molecule has 23 heavy (non-hydrogen) atoms. The summed E-state index contributed by atoms with van der Waals surface area (Å²) in [5.74, 6) is 0.0612. The lowest BCUT2D eigenvalue weighted by Gasteiger charge is -2.09. The van der Waals surface area contributed by atoms with Crippen molar-refractivity contribution in [2.45, 2.75) is 32.3 Å². The van der Waals surface area contributed by atoms with Gasteiger partial charge in [-0.15, -0.1) is 11.3 Å². The number of ether oxygens (including phenoxy) is 1. The zero-order valence-corrected chi connectivity index (χ0v) is 13.8. The first-order chi connectivity index (χ1) is 11.2. The topological polar surface area (TPSA) is 63.2 Å². The molecule has 6 heteroatoms. The van der Waals surface area contributed by atoms with Crippen molar-refractivity contribution in [3.05, 3.63) is 28.6 Å². The molecule has 0 bridgehead atoms. The van der Waals surface area contributed by atoms with Crippen molar-refractivity contribution in [3.63, 3.8) is 0 Å². The summed E-state index contributed by atoms with van der Waals surface area (Å²) in [6.45, 7) is 3.77. The Labute approximate surface area is 139 Å². The number of aryl methyl sites for hydroxylation is 1. The normalized spacial score (nSPS) is 19.7. The number of nitrogens with zero attached hydrogens (tertiary/aromatic N) is 1. The smallest absolute Gasteiger partial charge is 0.228 e. The lowest BCUT2D eigenvalue weighted by atomic mass is 10.1. The van der Waals surface area contributed by atoms with Gasteiger partial charge in [0.15, 0.2) is 5.13 Å². The molecule has 3 heterocycles. The van der Waals surface area contributed by atoms with E-state index in [9.17, 15) is 4.79 Å². The number of thiazole rings is 1. The largest absolute Gasteiger partial charge is 0.376 e. The van der Waals surface area contributed by atoms with Gasteiger partial charge in [0.2, 0.25) is 5.91 Å². The fraction of sp³-hybridized carbons (Fsp3) is 0.412. The maximum Gasteiger partial charge on any atom is 0.228 e. The fourth-order valence-electron chi connectivity index (χ4n) is 3.12. The predicted octanol–water partition coefficient (Wildman–Crippen LogP) is 3.20. The Morgan fingerprint density at radius 1 is 1.48 bits per heavy atom. The highest BCUT2D eigenvalue weighted by molar-refractivity contribution is 7.16. The molecule has 2 aliphatic rings. The van der Waals surface area contributed by atoms with Gasteiger partial charge in [0.25, 0.3) is 0 Å². The van der Waals surface area contributed by atoms with Crippen LogP contribution >= 0.6 is 11.3 Å². The van der Waals surface area contributed by atoms with E-state index in [-0.39, 0.29) is 5.91 Å². The van der Waals surface area contributed by atoms with E-state index in [0.717, 1.165) is 53.6 Å². The zero-order chi connectivity index (χ0) is 15.8. The number of amides is 1. The van der Waals surface area contributed by atoms with Crippen LogP contribution in [0.3, 0.4) is 0 Å². The van der Waals surface area contributed by atoms with Crippen LogP contribution in [0.1, 0.15) is 23.3 Å². The van der Waals surface area contributed by atoms with Crippen LogP contribution in [-0.2, 0) is 16.0 Å². The van der Waals surface area contributed by atoms with Crippen LogP contribution in [0.4, 0.5) is 10.8 Å². The SMILES string of the molecule is Cc1sc(NCC2CCCO2)nc1-c1ccc2c(c1)CC(=O)N2. The molecule has 1 fully saturated rings. The molecule has 1 amide bonds. The van der Waals surface area contributed by atoms with E-state index >= 15 is 0 Å². The molecule has 1 unspecified atom stereocenters. The van der Waals surface area contributed by atoms with Crippen LogP contribution in [0.2, 0.25) is 0 Å².